The minimum absolute atomic E-state index is 0.0483. The Kier molecular flexibility index (Phi) is 5.62. The van der Waals surface area contributed by atoms with E-state index in [1.165, 1.54) is 6.07 Å². The van der Waals surface area contributed by atoms with E-state index in [2.05, 4.69) is 20.7 Å². The SMILES string of the molecule is N#C/C(=C/c1cc(O)c(O)c(Br)c1)S(=O)(=O)NCc1ccccc1. The number of nitrogens with one attached hydrogen (secondary N) is 1. The van der Waals surface area contributed by atoms with E-state index < -0.39 is 20.7 Å². The van der Waals surface area contributed by atoms with E-state index in [0.29, 0.717) is 0 Å². The summed E-state index contributed by atoms with van der Waals surface area (Å²) in [6, 6.07) is 13.1. The summed E-state index contributed by atoms with van der Waals surface area (Å²) in [4.78, 5) is -0.504. The van der Waals surface area contributed by atoms with Gasteiger partial charge in [-0.05, 0) is 45.3 Å². The number of hydrogen-bond acceptors (Lipinski definition) is 5. The zero-order chi connectivity index (χ0) is 17.7. The van der Waals surface area contributed by atoms with Crippen molar-refractivity contribution >= 4 is 32.0 Å². The van der Waals surface area contributed by atoms with Gasteiger partial charge in [0.1, 0.15) is 6.07 Å². The van der Waals surface area contributed by atoms with E-state index >= 15 is 0 Å². The summed E-state index contributed by atoms with van der Waals surface area (Å²) in [7, 11) is -4.01. The zero-order valence-corrected chi connectivity index (χ0v) is 14.7. The van der Waals surface area contributed by atoms with Gasteiger partial charge in [0.2, 0.25) is 0 Å². The highest BCUT2D eigenvalue weighted by molar-refractivity contribution is 9.10. The maximum Gasteiger partial charge on any atom is 0.251 e. The molecule has 0 fully saturated rings. The van der Waals surface area contributed by atoms with Crippen molar-refractivity contribution in [2.45, 2.75) is 6.54 Å². The first-order chi connectivity index (χ1) is 11.3. The van der Waals surface area contributed by atoms with Crippen LogP contribution in [0.25, 0.3) is 6.08 Å². The van der Waals surface area contributed by atoms with Gasteiger partial charge in [-0.1, -0.05) is 30.3 Å². The average Bonchev–Trinajstić information content (AvgIpc) is 2.56. The Balaban J connectivity index is 2.28. The molecule has 0 heterocycles. The largest absolute Gasteiger partial charge is 0.504 e. The van der Waals surface area contributed by atoms with Gasteiger partial charge in [-0.15, -0.1) is 0 Å². The van der Waals surface area contributed by atoms with Crippen LogP contribution in [0.3, 0.4) is 0 Å². The fourth-order valence-corrected chi connectivity index (χ4v) is 3.25. The Morgan fingerprint density at radius 3 is 2.50 bits per heavy atom. The lowest BCUT2D eigenvalue weighted by atomic mass is 10.2. The molecule has 8 heteroatoms. The number of rotatable bonds is 5. The van der Waals surface area contributed by atoms with Gasteiger partial charge in [-0.2, -0.15) is 5.26 Å². The minimum atomic E-state index is -4.01. The van der Waals surface area contributed by atoms with E-state index in [4.69, 9.17) is 5.26 Å². The first-order valence-corrected chi connectivity index (χ1v) is 8.98. The van der Waals surface area contributed by atoms with Crippen LogP contribution in [0.2, 0.25) is 0 Å². The van der Waals surface area contributed by atoms with Gasteiger partial charge in [0.05, 0.1) is 4.47 Å². The molecule has 0 unspecified atom stereocenters. The smallest absolute Gasteiger partial charge is 0.251 e. The molecule has 124 valence electrons. The molecule has 2 rings (SSSR count). The molecule has 0 saturated carbocycles. The number of sulfonamides is 1. The van der Waals surface area contributed by atoms with Crippen molar-refractivity contribution in [3.63, 3.8) is 0 Å². The highest BCUT2D eigenvalue weighted by atomic mass is 79.9. The maximum atomic E-state index is 12.3. The van der Waals surface area contributed by atoms with E-state index in [-0.39, 0.29) is 22.3 Å². The first-order valence-electron chi connectivity index (χ1n) is 6.70. The normalized spacial score (nSPS) is 11.9. The topological polar surface area (TPSA) is 110 Å². The standard InChI is InChI=1S/C16H13BrN2O4S/c17-14-7-12(8-15(20)16(14)21)6-13(9-18)24(22,23)19-10-11-4-2-1-3-5-11/h1-8,19-21H,10H2/b13-6-. The van der Waals surface area contributed by atoms with Crippen LogP contribution in [0.1, 0.15) is 11.1 Å². The molecule has 0 aliphatic carbocycles. The summed E-state index contributed by atoms with van der Waals surface area (Å²) >= 11 is 3.03. The van der Waals surface area contributed by atoms with Gasteiger partial charge in [-0.25, -0.2) is 13.1 Å². The Hall–Kier alpha value is -2.34. The average molecular weight is 409 g/mol. The maximum absolute atomic E-state index is 12.3. The fourth-order valence-electron chi connectivity index (χ4n) is 1.86. The number of phenols is 2. The van der Waals surface area contributed by atoms with E-state index in [1.807, 2.05) is 6.07 Å². The molecule has 0 bridgehead atoms. The second-order valence-corrected chi connectivity index (χ2v) is 7.39. The Labute approximate surface area is 147 Å². The van der Waals surface area contributed by atoms with Crippen molar-refractivity contribution in [2.75, 3.05) is 0 Å². The number of allylic oxidation sites excluding steroid dienone is 1. The quantitative estimate of drug-likeness (QED) is 0.520. The van der Waals surface area contributed by atoms with Crippen LogP contribution in [0.15, 0.2) is 51.8 Å². The molecule has 2 aromatic rings. The molecule has 24 heavy (non-hydrogen) atoms. The second-order valence-electron chi connectivity index (χ2n) is 4.80. The lowest BCUT2D eigenvalue weighted by Gasteiger charge is -2.07. The third-order valence-corrected chi connectivity index (χ3v) is 4.99. The number of aromatic hydroxyl groups is 2. The second kappa shape index (κ2) is 7.49. The number of nitrogens with zero attached hydrogens (tertiary/aromatic N) is 1. The van der Waals surface area contributed by atoms with Crippen LogP contribution in [-0.4, -0.2) is 18.6 Å². The first kappa shape index (κ1) is 18.0. The van der Waals surface area contributed by atoms with Crippen molar-refractivity contribution < 1.29 is 18.6 Å². The molecule has 0 aromatic heterocycles. The van der Waals surface area contributed by atoms with Gasteiger partial charge in [0, 0.05) is 6.54 Å². The molecule has 3 N–H and O–H groups in total. The van der Waals surface area contributed by atoms with E-state index in [9.17, 15) is 18.6 Å². The predicted molar refractivity (Wildman–Crippen MR) is 93.3 cm³/mol. The van der Waals surface area contributed by atoms with Gasteiger partial charge in [-0.3, -0.25) is 0 Å². The predicted octanol–water partition coefficient (Wildman–Crippen LogP) is 2.84. The number of phenolic OH excluding ortho intramolecular Hbond substituents is 2. The third-order valence-electron chi connectivity index (χ3n) is 3.07. The summed E-state index contributed by atoms with van der Waals surface area (Å²) in [5.41, 5.74) is 1.00. The van der Waals surface area contributed by atoms with E-state index in [1.54, 1.807) is 30.3 Å². The fraction of sp³-hybridized carbons (Fsp3) is 0.0625. The molecule has 0 amide bonds. The van der Waals surface area contributed by atoms with Crippen LogP contribution < -0.4 is 4.72 Å². The summed E-state index contributed by atoms with van der Waals surface area (Å²) in [5, 5.41) is 28.2. The molecule has 0 radical (unpaired) electrons. The third kappa shape index (κ3) is 4.35. The summed E-state index contributed by atoms with van der Waals surface area (Å²) in [6.45, 7) is 0.0483. The highest BCUT2D eigenvalue weighted by Crippen LogP contribution is 2.35. The van der Waals surface area contributed by atoms with Crippen molar-refractivity contribution in [1.29, 1.82) is 5.26 Å². The summed E-state index contributed by atoms with van der Waals surface area (Å²) in [5.74, 6) is -0.793. The van der Waals surface area contributed by atoms with Gasteiger partial charge < -0.3 is 10.2 Å². The van der Waals surface area contributed by atoms with Crippen molar-refractivity contribution in [3.05, 3.63) is 63.0 Å². The minimum Gasteiger partial charge on any atom is -0.504 e. The van der Waals surface area contributed by atoms with Crippen molar-refractivity contribution in [1.82, 2.24) is 4.72 Å². The molecule has 0 atom stereocenters. The monoisotopic (exact) mass is 408 g/mol. The van der Waals surface area contributed by atoms with Crippen LogP contribution in [-0.2, 0) is 16.6 Å². The molecule has 2 aromatic carbocycles. The molecule has 0 aliphatic rings. The molecular weight excluding hydrogens is 396 g/mol. The zero-order valence-electron chi connectivity index (χ0n) is 12.3. The van der Waals surface area contributed by atoms with Crippen molar-refractivity contribution in [2.24, 2.45) is 0 Å². The van der Waals surface area contributed by atoms with Gasteiger partial charge in [0.15, 0.2) is 16.4 Å². The van der Waals surface area contributed by atoms with Crippen molar-refractivity contribution in [3.8, 4) is 17.6 Å². The van der Waals surface area contributed by atoms with E-state index in [0.717, 1.165) is 17.7 Å². The van der Waals surface area contributed by atoms with Crippen LogP contribution in [0.5, 0.6) is 11.5 Å². The van der Waals surface area contributed by atoms with Gasteiger partial charge >= 0.3 is 0 Å². The molecular formula is C16H13BrN2O4S. The molecule has 0 spiro atoms. The van der Waals surface area contributed by atoms with Gasteiger partial charge in [0.25, 0.3) is 10.0 Å². The lowest BCUT2D eigenvalue weighted by molar-refractivity contribution is 0.401. The highest BCUT2D eigenvalue weighted by Gasteiger charge is 2.18. The number of halogens is 1. The molecule has 0 aliphatic heterocycles. The number of benzene rings is 2. The number of nitriles is 1. The van der Waals surface area contributed by atoms with Crippen LogP contribution >= 0.6 is 15.9 Å². The summed E-state index contributed by atoms with van der Waals surface area (Å²) in [6.07, 6.45) is 1.11. The Morgan fingerprint density at radius 2 is 1.92 bits per heavy atom. The summed E-state index contributed by atoms with van der Waals surface area (Å²) < 4.78 is 27.0. The van der Waals surface area contributed by atoms with Crippen LogP contribution in [0.4, 0.5) is 0 Å². The Morgan fingerprint density at radius 1 is 1.25 bits per heavy atom. The van der Waals surface area contributed by atoms with Crippen LogP contribution in [0, 0.1) is 11.3 Å². The molecule has 0 saturated heterocycles. The lowest BCUT2D eigenvalue weighted by Crippen LogP contribution is -2.24. The number of hydrogen-bond donors (Lipinski definition) is 3. The Bertz CT molecular complexity index is 896. The molecule has 6 nitrogen and oxygen atoms in total.